The number of ether oxygens (including phenoxy) is 2. The topological polar surface area (TPSA) is 72.8 Å². The van der Waals surface area contributed by atoms with Gasteiger partial charge in [-0.05, 0) is 55.3 Å². The van der Waals surface area contributed by atoms with Crippen LogP contribution in [0.4, 0.5) is 5.69 Å². The van der Waals surface area contributed by atoms with Gasteiger partial charge in [-0.1, -0.05) is 36.4 Å². The summed E-state index contributed by atoms with van der Waals surface area (Å²) in [5.74, 6) is 0.628. The smallest absolute Gasteiger partial charge is 0.259 e. The number of benzene rings is 3. The summed E-state index contributed by atoms with van der Waals surface area (Å²) in [6, 6.07) is 22.3. The first-order valence-electron chi connectivity index (χ1n) is 13.7. The standard InChI is InChI=1S/C33H33N3O4/c1-20(2)35-18-25-30(24-8-5-6-11-29(24)40-17-16-22-12-14-23(39-4)15-13-22)32-27(19-36(21(3)37)33(32)38)34-26-9-7-10-28(35)31(25)26/h5-15,18,20,30,34H,16-17,19H2,1-4H3/t30-/m0/s1. The minimum Gasteiger partial charge on any atom is -0.497 e. The first-order chi connectivity index (χ1) is 19.4. The maximum absolute atomic E-state index is 13.8. The molecular weight excluding hydrogens is 502 g/mol. The van der Waals surface area contributed by atoms with Crippen LogP contribution in [-0.4, -0.2) is 41.5 Å². The van der Waals surface area contributed by atoms with Gasteiger partial charge in [-0.3, -0.25) is 14.5 Å². The highest BCUT2D eigenvalue weighted by Gasteiger charge is 2.42. The van der Waals surface area contributed by atoms with E-state index in [1.165, 1.54) is 11.8 Å². The second-order valence-corrected chi connectivity index (χ2v) is 10.6. The van der Waals surface area contributed by atoms with Crippen LogP contribution in [0.3, 0.4) is 0 Å². The molecule has 1 N–H and O–H groups in total. The fraction of sp³-hybridized carbons (Fsp3) is 0.273. The molecule has 7 heteroatoms. The second kappa shape index (κ2) is 10.2. The third-order valence-corrected chi connectivity index (χ3v) is 7.86. The second-order valence-electron chi connectivity index (χ2n) is 10.6. The van der Waals surface area contributed by atoms with E-state index >= 15 is 0 Å². The molecule has 1 atom stereocenters. The molecule has 2 aliphatic heterocycles. The van der Waals surface area contributed by atoms with Gasteiger partial charge in [0.15, 0.2) is 0 Å². The van der Waals surface area contributed by atoms with Crippen LogP contribution in [0, 0.1) is 0 Å². The number of imide groups is 1. The van der Waals surface area contributed by atoms with E-state index in [4.69, 9.17) is 9.47 Å². The molecule has 0 bridgehead atoms. The molecule has 3 aromatic carbocycles. The molecule has 0 saturated carbocycles. The predicted molar refractivity (Wildman–Crippen MR) is 156 cm³/mol. The fourth-order valence-corrected chi connectivity index (χ4v) is 5.90. The van der Waals surface area contributed by atoms with E-state index in [2.05, 4.69) is 36.0 Å². The maximum Gasteiger partial charge on any atom is 0.259 e. The molecule has 3 heterocycles. The normalized spacial score (nSPS) is 16.3. The van der Waals surface area contributed by atoms with Crippen molar-refractivity contribution in [2.24, 2.45) is 0 Å². The summed E-state index contributed by atoms with van der Waals surface area (Å²) in [6.45, 7) is 6.46. The quantitative estimate of drug-likeness (QED) is 0.312. The molecule has 0 unspecified atom stereocenters. The van der Waals surface area contributed by atoms with Crippen molar-refractivity contribution < 1.29 is 19.1 Å². The van der Waals surface area contributed by atoms with Crippen molar-refractivity contribution in [1.82, 2.24) is 9.47 Å². The molecule has 40 heavy (non-hydrogen) atoms. The fourth-order valence-electron chi connectivity index (χ4n) is 5.90. The average molecular weight is 536 g/mol. The summed E-state index contributed by atoms with van der Waals surface area (Å²) in [4.78, 5) is 27.6. The Balaban J connectivity index is 1.45. The summed E-state index contributed by atoms with van der Waals surface area (Å²) < 4.78 is 13.9. The van der Waals surface area contributed by atoms with Crippen LogP contribution in [0.2, 0.25) is 0 Å². The first-order valence-corrected chi connectivity index (χ1v) is 13.7. The average Bonchev–Trinajstić information content (AvgIpc) is 3.45. The van der Waals surface area contributed by atoms with Gasteiger partial charge in [0.25, 0.3) is 5.91 Å². The Kier molecular flexibility index (Phi) is 6.58. The maximum atomic E-state index is 13.8. The molecule has 0 aliphatic carbocycles. The number of aromatic nitrogens is 1. The van der Waals surface area contributed by atoms with Crippen molar-refractivity contribution in [2.45, 2.75) is 39.2 Å². The van der Waals surface area contributed by atoms with Gasteiger partial charge < -0.3 is 19.4 Å². The number of nitrogens with zero attached hydrogens (tertiary/aromatic N) is 2. The highest BCUT2D eigenvalue weighted by Crippen LogP contribution is 2.48. The highest BCUT2D eigenvalue weighted by atomic mass is 16.5. The van der Waals surface area contributed by atoms with Crippen molar-refractivity contribution in [2.75, 3.05) is 25.6 Å². The summed E-state index contributed by atoms with van der Waals surface area (Å²) in [6.07, 6.45) is 2.89. The lowest BCUT2D eigenvalue weighted by atomic mass is 9.84. The third kappa shape index (κ3) is 4.31. The van der Waals surface area contributed by atoms with E-state index in [-0.39, 0.29) is 24.4 Å². The molecule has 1 aromatic heterocycles. The van der Waals surface area contributed by atoms with Crippen molar-refractivity contribution in [3.05, 3.63) is 101 Å². The van der Waals surface area contributed by atoms with Crippen LogP contribution < -0.4 is 14.8 Å². The molecule has 0 spiro atoms. The number of rotatable bonds is 7. The van der Waals surface area contributed by atoms with Gasteiger partial charge in [0.05, 0.1) is 31.4 Å². The first kappa shape index (κ1) is 25.7. The number of carbonyl (C=O) groups is 2. The molecule has 2 amide bonds. The molecular formula is C33H33N3O4. The number of anilines is 1. The zero-order chi connectivity index (χ0) is 28.0. The largest absolute Gasteiger partial charge is 0.497 e. The SMILES string of the molecule is COc1ccc(CCOc2ccccc2[C@@H]2C3=C(CN(C(C)=O)C3=O)Nc3cccc4c3c2cn4C(C)C)cc1. The summed E-state index contributed by atoms with van der Waals surface area (Å²) in [5, 5.41) is 4.64. The van der Waals surface area contributed by atoms with Crippen molar-refractivity contribution in [3.63, 3.8) is 0 Å². The molecule has 4 aromatic rings. The molecule has 2 aliphatic rings. The van der Waals surface area contributed by atoms with Crippen molar-refractivity contribution in [3.8, 4) is 11.5 Å². The van der Waals surface area contributed by atoms with Crippen molar-refractivity contribution >= 4 is 28.4 Å². The molecule has 0 radical (unpaired) electrons. The molecule has 0 fully saturated rings. The lowest BCUT2D eigenvalue weighted by molar-refractivity contribution is -0.139. The summed E-state index contributed by atoms with van der Waals surface area (Å²) >= 11 is 0. The van der Waals surface area contributed by atoms with Gasteiger partial charge in [0.2, 0.25) is 5.91 Å². The van der Waals surface area contributed by atoms with E-state index in [1.807, 2.05) is 60.7 Å². The Bertz CT molecular complexity index is 1650. The zero-order valence-corrected chi connectivity index (χ0v) is 23.2. The van der Waals surface area contributed by atoms with Gasteiger partial charge in [-0.25, -0.2) is 0 Å². The number of hydrogen-bond donors (Lipinski definition) is 1. The van der Waals surface area contributed by atoms with Crippen LogP contribution in [0.25, 0.3) is 10.9 Å². The Labute approximate surface area is 234 Å². The zero-order valence-electron chi connectivity index (χ0n) is 23.2. The van der Waals surface area contributed by atoms with Crippen LogP contribution in [0.1, 0.15) is 49.4 Å². The number of carbonyl (C=O) groups excluding carboxylic acids is 2. The van der Waals surface area contributed by atoms with Crippen LogP contribution in [0.5, 0.6) is 11.5 Å². The summed E-state index contributed by atoms with van der Waals surface area (Å²) in [5.41, 5.74) is 6.49. The number of nitrogens with one attached hydrogen (secondary N) is 1. The van der Waals surface area contributed by atoms with E-state index in [0.29, 0.717) is 12.2 Å². The minimum atomic E-state index is -0.400. The number of amides is 2. The van der Waals surface area contributed by atoms with Gasteiger partial charge >= 0.3 is 0 Å². The van der Waals surface area contributed by atoms with Gasteiger partial charge in [-0.2, -0.15) is 0 Å². The number of hydrogen-bond acceptors (Lipinski definition) is 5. The van der Waals surface area contributed by atoms with Crippen molar-refractivity contribution in [1.29, 1.82) is 0 Å². The number of methoxy groups -OCH3 is 1. The monoisotopic (exact) mass is 535 g/mol. The molecule has 204 valence electrons. The molecule has 6 rings (SSSR count). The molecule has 0 saturated heterocycles. The Morgan fingerprint density at radius 2 is 1.80 bits per heavy atom. The Hall–Kier alpha value is -4.52. The predicted octanol–water partition coefficient (Wildman–Crippen LogP) is 6.05. The lowest BCUT2D eigenvalue weighted by Gasteiger charge is -2.22. The van der Waals surface area contributed by atoms with E-state index < -0.39 is 5.92 Å². The van der Waals surface area contributed by atoms with Gasteiger partial charge in [0, 0.05) is 53.8 Å². The lowest BCUT2D eigenvalue weighted by Crippen LogP contribution is -2.33. The van der Waals surface area contributed by atoms with E-state index in [1.54, 1.807) is 7.11 Å². The van der Waals surface area contributed by atoms with E-state index in [9.17, 15) is 9.59 Å². The highest BCUT2D eigenvalue weighted by molar-refractivity contribution is 6.11. The van der Waals surface area contributed by atoms with Gasteiger partial charge in [0.1, 0.15) is 11.5 Å². The number of para-hydroxylation sites is 1. The van der Waals surface area contributed by atoms with Crippen LogP contribution >= 0.6 is 0 Å². The minimum absolute atomic E-state index is 0.226. The van der Waals surface area contributed by atoms with E-state index in [0.717, 1.165) is 56.9 Å². The Morgan fingerprint density at radius 1 is 1.02 bits per heavy atom. The van der Waals surface area contributed by atoms with Crippen LogP contribution in [-0.2, 0) is 16.0 Å². The van der Waals surface area contributed by atoms with Crippen LogP contribution in [0.15, 0.2) is 84.2 Å². The summed E-state index contributed by atoms with van der Waals surface area (Å²) in [7, 11) is 1.66. The Morgan fingerprint density at radius 3 is 2.52 bits per heavy atom. The molecule has 7 nitrogen and oxygen atoms in total. The van der Waals surface area contributed by atoms with Gasteiger partial charge in [-0.15, -0.1) is 0 Å². The third-order valence-electron chi connectivity index (χ3n) is 7.86.